The van der Waals surface area contributed by atoms with E-state index >= 15 is 0 Å². The maximum Gasteiger partial charge on any atom is 0.0682 e. The van der Waals surface area contributed by atoms with Crippen LogP contribution in [0.1, 0.15) is 6.92 Å². The van der Waals surface area contributed by atoms with Gasteiger partial charge >= 0.3 is 0 Å². The summed E-state index contributed by atoms with van der Waals surface area (Å²) in [6, 6.07) is 56.2. The molecule has 43 heavy (non-hydrogen) atoms. The van der Waals surface area contributed by atoms with Crippen molar-refractivity contribution in [2.75, 3.05) is 4.90 Å². The smallest absolute Gasteiger partial charge is 0.0682 e. The molecule has 0 spiro atoms. The minimum Gasteiger partial charge on any atom is -0.338 e. The fourth-order valence-corrected chi connectivity index (χ4v) is 6.44. The second kappa shape index (κ2) is 11.8. The standard InChI is InChI=1S/C40H33ClN2/c1-29(41)40(43(34-18-10-4-11-19-34)35-20-12-5-13-21-35)28-42-38-24-22-32(30-14-6-2-7-15-30)26-36(38)37-27-33(23-25-39(37)42)31-16-8-3-9-17-31/h2-27,29,40H,28H2,1H3/t29-,40?/m1/s1. The lowest BCUT2D eigenvalue weighted by Crippen LogP contribution is -2.40. The van der Waals surface area contributed by atoms with Gasteiger partial charge in [-0.05, 0) is 77.7 Å². The molecule has 0 bridgehead atoms. The summed E-state index contributed by atoms with van der Waals surface area (Å²) >= 11 is 7.11. The average Bonchev–Trinajstić information content (AvgIpc) is 3.38. The van der Waals surface area contributed by atoms with Crippen molar-refractivity contribution in [1.29, 1.82) is 0 Å². The van der Waals surface area contributed by atoms with Crippen molar-refractivity contribution >= 4 is 44.8 Å². The topological polar surface area (TPSA) is 8.17 Å². The Morgan fingerprint density at radius 2 is 0.907 bits per heavy atom. The van der Waals surface area contributed by atoms with Crippen LogP contribution in [0.15, 0.2) is 158 Å². The lowest BCUT2D eigenvalue weighted by molar-refractivity contribution is 0.553. The number of aromatic nitrogens is 1. The number of alkyl halides is 1. The van der Waals surface area contributed by atoms with Gasteiger partial charge in [-0.3, -0.25) is 0 Å². The van der Waals surface area contributed by atoms with E-state index < -0.39 is 0 Å². The molecule has 1 unspecified atom stereocenters. The predicted molar refractivity (Wildman–Crippen MR) is 184 cm³/mol. The second-order valence-electron chi connectivity index (χ2n) is 11.1. The molecule has 0 N–H and O–H groups in total. The zero-order valence-corrected chi connectivity index (χ0v) is 24.9. The van der Waals surface area contributed by atoms with Crippen molar-refractivity contribution in [2.45, 2.75) is 24.9 Å². The van der Waals surface area contributed by atoms with Crippen LogP contribution in [-0.2, 0) is 6.54 Å². The van der Waals surface area contributed by atoms with Gasteiger partial charge in [0.1, 0.15) is 0 Å². The maximum absolute atomic E-state index is 7.11. The van der Waals surface area contributed by atoms with Gasteiger partial charge in [-0.1, -0.05) is 109 Å². The molecule has 0 saturated heterocycles. The van der Waals surface area contributed by atoms with E-state index in [2.05, 4.69) is 174 Å². The Labute approximate surface area is 258 Å². The van der Waals surface area contributed by atoms with Crippen molar-refractivity contribution in [3.8, 4) is 22.3 Å². The lowest BCUT2D eigenvalue weighted by Gasteiger charge is -2.36. The minimum atomic E-state index is -0.125. The van der Waals surface area contributed by atoms with Crippen molar-refractivity contribution in [1.82, 2.24) is 4.57 Å². The molecular weight excluding hydrogens is 544 g/mol. The molecule has 0 aliphatic heterocycles. The zero-order valence-electron chi connectivity index (χ0n) is 24.1. The van der Waals surface area contributed by atoms with Gasteiger partial charge in [0.15, 0.2) is 0 Å². The molecule has 7 rings (SSSR count). The van der Waals surface area contributed by atoms with Crippen LogP contribution in [0.4, 0.5) is 11.4 Å². The van der Waals surface area contributed by atoms with Crippen LogP contribution < -0.4 is 4.90 Å². The molecule has 6 aromatic carbocycles. The molecule has 0 aliphatic carbocycles. The number of hydrogen-bond donors (Lipinski definition) is 0. The molecule has 1 aromatic heterocycles. The fourth-order valence-electron chi connectivity index (χ4n) is 6.25. The average molecular weight is 577 g/mol. The molecule has 210 valence electrons. The maximum atomic E-state index is 7.11. The molecule has 0 radical (unpaired) electrons. The number of fused-ring (bicyclic) bond motifs is 3. The summed E-state index contributed by atoms with van der Waals surface area (Å²) in [6.07, 6.45) is 0. The molecule has 0 fully saturated rings. The Morgan fingerprint density at radius 3 is 1.30 bits per heavy atom. The highest BCUT2D eigenvalue weighted by atomic mass is 35.5. The first-order chi connectivity index (χ1) is 21.2. The van der Waals surface area contributed by atoms with E-state index in [9.17, 15) is 0 Å². The monoisotopic (exact) mass is 576 g/mol. The molecule has 7 aromatic rings. The molecular formula is C40H33ClN2. The van der Waals surface area contributed by atoms with Crippen molar-refractivity contribution in [3.05, 3.63) is 158 Å². The van der Waals surface area contributed by atoms with Gasteiger partial charge in [0.05, 0.1) is 11.4 Å². The fraction of sp³-hybridized carbons (Fsp3) is 0.100. The first-order valence-electron chi connectivity index (χ1n) is 14.9. The number of para-hydroxylation sites is 2. The first kappa shape index (κ1) is 27.1. The van der Waals surface area contributed by atoms with Crippen LogP contribution in [-0.4, -0.2) is 16.0 Å². The summed E-state index contributed by atoms with van der Waals surface area (Å²) < 4.78 is 2.47. The molecule has 3 heteroatoms. The summed E-state index contributed by atoms with van der Waals surface area (Å²) in [5.41, 5.74) is 9.55. The van der Waals surface area contributed by atoms with Crippen molar-refractivity contribution < 1.29 is 0 Å². The quantitative estimate of drug-likeness (QED) is 0.163. The van der Waals surface area contributed by atoms with Crippen LogP contribution in [0.5, 0.6) is 0 Å². The summed E-state index contributed by atoms with van der Waals surface area (Å²) in [5, 5.41) is 2.38. The Morgan fingerprint density at radius 1 is 0.512 bits per heavy atom. The van der Waals surface area contributed by atoms with Gasteiger partial charge in [0.2, 0.25) is 0 Å². The number of hydrogen-bond acceptors (Lipinski definition) is 1. The first-order valence-corrected chi connectivity index (χ1v) is 15.3. The highest BCUT2D eigenvalue weighted by molar-refractivity contribution is 6.21. The van der Waals surface area contributed by atoms with Gasteiger partial charge in [-0.25, -0.2) is 0 Å². The normalized spacial score (nSPS) is 12.8. The number of halogens is 1. The van der Waals surface area contributed by atoms with Crippen molar-refractivity contribution in [2.24, 2.45) is 0 Å². The van der Waals surface area contributed by atoms with Gasteiger partial charge in [-0.15, -0.1) is 11.6 Å². The van der Waals surface area contributed by atoms with E-state index in [1.165, 1.54) is 44.1 Å². The summed E-state index contributed by atoms with van der Waals surface area (Å²) in [7, 11) is 0. The van der Waals surface area contributed by atoms with Gasteiger partial charge in [-0.2, -0.15) is 0 Å². The molecule has 2 atom stereocenters. The molecule has 0 amide bonds. The van der Waals surface area contributed by atoms with E-state index in [0.717, 1.165) is 17.9 Å². The SMILES string of the molecule is C[C@@H](Cl)C(Cn1c2ccc(-c3ccccc3)cc2c2cc(-c3ccccc3)ccc21)N(c1ccccc1)c1ccccc1. The summed E-state index contributed by atoms with van der Waals surface area (Å²) in [6.45, 7) is 2.84. The third kappa shape index (κ3) is 5.31. The van der Waals surface area contributed by atoms with Crippen molar-refractivity contribution in [3.63, 3.8) is 0 Å². The molecule has 1 heterocycles. The Balaban J connectivity index is 1.42. The number of nitrogens with zero attached hydrogens (tertiary/aromatic N) is 2. The molecule has 2 nitrogen and oxygen atoms in total. The second-order valence-corrected chi connectivity index (χ2v) is 11.8. The summed E-state index contributed by atoms with van der Waals surface area (Å²) in [4.78, 5) is 2.39. The minimum absolute atomic E-state index is 0.00661. The third-order valence-corrected chi connectivity index (χ3v) is 8.67. The molecule has 0 aliphatic rings. The highest BCUT2D eigenvalue weighted by Crippen LogP contribution is 2.37. The van der Waals surface area contributed by atoms with E-state index in [1.807, 2.05) is 0 Å². The van der Waals surface area contributed by atoms with Crippen LogP contribution in [0, 0.1) is 0 Å². The van der Waals surface area contributed by atoms with Gasteiger partial charge in [0, 0.05) is 39.7 Å². The van der Waals surface area contributed by atoms with E-state index in [4.69, 9.17) is 11.6 Å². The van der Waals surface area contributed by atoms with Crippen LogP contribution in [0.3, 0.4) is 0 Å². The number of rotatable bonds is 8. The molecule has 0 saturated carbocycles. The largest absolute Gasteiger partial charge is 0.338 e. The third-order valence-electron chi connectivity index (χ3n) is 8.38. The van der Waals surface area contributed by atoms with Crippen LogP contribution in [0.2, 0.25) is 0 Å². The van der Waals surface area contributed by atoms with Gasteiger partial charge < -0.3 is 9.47 Å². The zero-order chi connectivity index (χ0) is 29.2. The summed E-state index contributed by atoms with van der Waals surface area (Å²) in [5.74, 6) is 0. The Bertz CT molecular complexity index is 1830. The van der Waals surface area contributed by atoms with Crippen LogP contribution in [0.25, 0.3) is 44.1 Å². The van der Waals surface area contributed by atoms with E-state index in [-0.39, 0.29) is 11.4 Å². The Hall–Kier alpha value is -4.79. The van der Waals surface area contributed by atoms with Crippen LogP contribution >= 0.6 is 11.6 Å². The Kier molecular flexibility index (Phi) is 7.45. The highest BCUT2D eigenvalue weighted by Gasteiger charge is 2.27. The van der Waals surface area contributed by atoms with E-state index in [0.29, 0.717) is 0 Å². The lowest BCUT2D eigenvalue weighted by atomic mass is 10.0. The van der Waals surface area contributed by atoms with E-state index in [1.54, 1.807) is 0 Å². The number of anilines is 2. The predicted octanol–water partition coefficient (Wildman–Crippen LogP) is 11.0. The number of benzene rings is 6. The van der Waals surface area contributed by atoms with Gasteiger partial charge in [0.25, 0.3) is 0 Å².